The van der Waals surface area contributed by atoms with Crippen molar-refractivity contribution in [2.24, 2.45) is 5.41 Å². The van der Waals surface area contributed by atoms with E-state index in [1.54, 1.807) is 6.07 Å². The van der Waals surface area contributed by atoms with Gasteiger partial charge < -0.3 is 14.4 Å². The molecule has 0 amide bonds. The van der Waals surface area contributed by atoms with Gasteiger partial charge in [-0.25, -0.2) is 9.97 Å². The molecule has 2 aromatic rings. The number of ether oxygens (including phenoxy) is 1. The molecule has 0 aliphatic carbocycles. The number of imidazole rings is 1. The summed E-state index contributed by atoms with van der Waals surface area (Å²) in [5, 5.41) is 9.82. The zero-order valence-corrected chi connectivity index (χ0v) is 14.4. The Morgan fingerprint density at radius 3 is 2.70 bits per heavy atom. The van der Waals surface area contributed by atoms with Crippen LogP contribution < -0.4 is 0 Å². The fourth-order valence-corrected chi connectivity index (χ4v) is 2.30. The molecule has 2 rings (SSSR count). The second kappa shape index (κ2) is 7.27. The number of pyridine rings is 1. The van der Waals surface area contributed by atoms with Crippen LogP contribution in [0, 0.1) is 5.41 Å². The summed E-state index contributed by atoms with van der Waals surface area (Å²) < 4.78 is 7.16. The van der Waals surface area contributed by atoms with Crippen LogP contribution in [0.3, 0.4) is 0 Å². The molecule has 126 valence electrons. The first-order valence-electron chi connectivity index (χ1n) is 7.62. The first kappa shape index (κ1) is 17.7. The molecular formula is C16H22ClN3O3. The molecule has 0 aliphatic heterocycles. The van der Waals surface area contributed by atoms with Gasteiger partial charge >= 0.3 is 5.97 Å². The summed E-state index contributed by atoms with van der Waals surface area (Å²) in [7, 11) is 0. The Balaban J connectivity index is 1.93. The van der Waals surface area contributed by atoms with Gasteiger partial charge in [-0.3, -0.25) is 4.79 Å². The maximum Gasteiger partial charge on any atom is 0.311 e. The van der Waals surface area contributed by atoms with Crippen LogP contribution in [0.15, 0.2) is 12.1 Å². The maximum atomic E-state index is 11.7. The van der Waals surface area contributed by atoms with Crippen molar-refractivity contribution in [3.05, 3.63) is 23.1 Å². The number of aryl methyl sites for hydroxylation is 1. The molecule has 0 unspecified atom stereocenters. The summed E-state index contributed by atoms with van der Waals surface area (Å²) in [6, 6.07) is 3.55. The van der Waals surface area contributed by atoms with Crippen molar-refractivity contribution in [1.82, 2.24) is 14.5 Å². The number of esters is 1. The Kier molecular flexibility index (Phi) is 5.59. The van der Waals surface area contributed by atoms with Crippen LogP contribution in [0.4, 0.5) is 0 Å². The summed E-state index contributed by atoms with van der Waals surface area (Å²) in [6.07, 6.45) is 1.55. The number of aromatic nitrogens is 3. The molecule has 6 nitrogen and oxygen atoms in total. The fourth-order valence-electron chi connectivity index (χ4n) is 2.16. The molecule has 0 radical (unpaired) electrons. The van der Waals surface area contributed by atoms with Crippen LogP contribution in [0.2, 0.25) is 5.15 Å². The van der Waals surface area contributed by atoms with E-state index in [-0.39, 0.29) is 12.6 Å². The van der Waals surface area contributed by atoms with E-state index in [1.165, 1.54) is 0 Å². The van der Waals surface area contributed by atoms with Crippen molar-refractivity contribution in [3.63, 3.8) is 0 Å². The number of aliphatic hydroxyl groups is 1. The predicted octanol–water partition coefficient (Wildman–Crippen LogP) is 2.95. The zero-order valence-electron chi connectivity index (χ0n) is 13.7. The third-order valence-corrected chi connectivity index (χ3v) is 3.63. The highest BCUT2D eigenvalue weighted by molar-refractivity contribution is 6.29. The Morgan fingerprint density at radius 1 is 1.30 bits per heavy atom. The van der Waals surface area contributed by atoms with Gasteiger partial charge in [0, 0.05) is 6.54 Å². The van der Waals surface area contributed by atoms with Gasteiger partial charge in [0.25, 0.3) is 0 Å². The van der Waals surface area contributed by atoms with Gasteiger partial charge in [0.05, 0.1) is 17.5 Å². The SMILES string of the molecule is CC(C)(C)C(=O)OCCCCn1c(CO)nc2nc(Cl)ccc21. The van der Waals surface area contributed by atoms with Crippen molar-refractivity contribution < 1.29 is 14.6 Å². The lowest BCUT2D eigenvalue weighted by Crippen LogP contribution is -2.23. The normalized spacial score (nSPS) is 11.9. The smallest absolute Gasteiger partial charge is 0.311 e. The number of hydrogen-bond acceptors (Lipinski definition) is 5. The number of unbranched alkanes of at least 4 members (excludes halogenated alkanes) is 1. The number of hydrogen-bond donors (Lipinski definition) is 1. The standard InChI is InChI=1S/C16H22ClN3O3/c1-16(2,3)15(22)23-9-5-4-8-20-11-6-7-12(17)18-14(11)19-13(20)10-21/h6-7,21H,4-5,8-10H2,1-3H3. The topological polar surface area (TPSA) is 77.2 Å². The first-order chi connectivity index (χ1) is 10.8. The van der Waals surface area contributed by atoms with Gasteiger partial charge in [-0.2, -0.15) is 0 Å². The second-order valence-corrected chi connectivity index (χ2v) is 6.79. The average molecular weight is 340 g/mol. The van der Waals surface area contributed by atoms with E-state index in [1.807, 2.05) is 31.4 Å². The molecule has 0 aromatic carbocycles. The zero-order chi connectivity index (χ0) is 17.0. The quantitative estimate of drug-likeness (QED) is 0.497. The molecule has 23 heavy (non-hydrogen) atoms. The van der Waals surface area contributed by atoms with E-state index in [2.05, 4.69) is 9.97 Å². The van der Waals surface area contributed by atoms with Crippen LogP contribution in [0.5, 0.6) is 0 Å². The lowest BCUT2D eigenvalue weighted by Gasteiger charge is -2.16. The largest absolute Gasteiger partial charge is 0.465 e. The Morgan fingerprint density at radius 2 is 2.04 bits per heavy atom. The van der Waals surface area contributed by atoms with Gasteiger partial charge in [-0.15, -0.1) is 0 Å². The summed E-state index contributed by atoms with van der Waals surface area (Å²) in [5.74, 6) is 0.363. The van der Waals surface area contributed by atoms with Crippen LogP contribution >= 0.6 is 11.6 Å². The number of halogens is 1. The fraction of sp³-hybridized carbons (Fsp3) is 0.562. The van der Waals surface area contributed by atoms with Gasteiger partial charge in [0.2, 0.25) is 0 Å². The molecule has 0 fully saturated rings. The predicted molar refractivity (Wildman–Crippen MR) is 88.1 cm³/mol. The van der Waals surface area contributed by atoms with E-state index >= 15 is 0 Å². The Labute approximate surface area is 140 Å². The van der Waals surface area contributed by atoms with Gasteiger partial charge in [0.1, 0.15) is 17.6 Å². The van der Waals surface area contributed by atoms with Crippen LogP contribution in [0.1, 0.15) is 39.4 Å². The van der Waals surface area contributed by atoms with E-state index in [4.69, 9.17) is 16.3 Å². The number of carbonyl (C=O) groups excluding carboxylic acids is 1. The molecule has 0 saturated heterocycles. The van der Waals surface area contributed by atoms with Gasteiger partial charge in [-0.05, 0) is 45.7 Å². The molecule has 2 aromatic heterocycles. The van der Waals surface area contributed by atoms with Crippen LogP contribution in [-0.2, 0) is 22.7 Å². The van der Waals surface area contributed by atoms with E-state index in [9.17, 15) is 9.90 Å². The summed E-state index contributed by atoms with van der Waals surface area (Å²) >= 11 is 5.86. The number of carbonyl (C=O) groups is 1. The number of fused-ring (bicyclic) bond motifs is 1. The van der Waals surface area contributed by atoms with Crippen LogP contribution in [0.25, 0.3) is 11.2 Å². The minimum atomic E-state index is -0.477. The molecule has 0 bridgehead atoms. The molecule has 0 atom stereocenters. The molecule has 0 saturated carbocycles. The monoisotopic (exact) mass is 339 g/mol. The number of nitrogens with zero attached hydrogens (tertiary/aromatic N) is 3. The highest BCUT2D eigenvalue weighted by Gasteiger charge is 2.22. The van der Waals surface area contributed by atoms with Crippen LogP contribution in [-0.4, -0.2) is 32.2 Å². The van der Waals surface area contributed by atoms with Crippen molar-refractivity contribution in [3.8, 4) is 0 Å². The third-order valence-electron chi connectivity index (χ3n) is 3.42. The van der Waals surface area contributed by atoms with Gasteiger partial charge in [-0.1, -0.05) is 11.6 Å². The Hall–Kier alpha value is -1.66. The lowest BCUT2D eigenvalue weighted by atomic mass is 9.97. The maximum absolute atomic E-state index is 11.7. The second-order valence-electron chi connectivity index (χ2n) is 6.41. The number of rotatable bonds is 6. The molecular weight excluding hydrogens is 318 g/mol. The van der Waals surface area contributed by atoms with Crippen molar-refractivity contribution in [2.45, 2.75) is 46.8 Å². The minimum absolute atomic E-state index is 0.160. The highest BCUT2D eigenvalue weighted by atomic mass is 35.5. The molecule has 1 N–H and O–H groups in total. The minimum Gasteiger partial charge on any atom is -0.465 e. The van der Waals surface area contributed by atoms with Gasteiger partial charge in [0.15, 0.2) is 5.65 Å². The number of aliphatic hydroxyl groups excluding tert-OH is 1. The summed E-state index contributed by atoms with van der Waals surface area (Å²) in [6.45, 7) is 6.40. The van der Waals surface area contributed by atoms with Crippen molar-refractivity contribution >= 4 is 28.7 Å². The molecule has 7 heteroatoms. The Bertz CT molecular complexity index is 692. The van der Waals surface area contributed by atoms with E-state index < -0.39 is 5.41 Å². The average Bonchev–Trinajstić information content (AvgIpc) is 2.82. The van der Waals surface area contributed by atoms with E-state index in [0.29, 0.717) is 29.8 Å². The van der Waals surface area contributed by atoms with E-state index in [0.717, 1.165) is 18.4 Å². The third kappa shape index (κ3) is 4.42. The molecule has 0 spiro atoms. The molecule has 0 aliphatic rings. The summed E-state index contributed by atoms with van der Waals surface area (Å²) in [5.41, 5.74) is 0.890. The summed E-state index contributed by atoms with van der Waals surface area (Å²) in [4.78, 5) is 20.1. The lowest BCUT2D eigenvalue weighted by molar-refractivity contribution is -0.153. The molecule has 2 heterocycles. The first-order valence-corrected chi connectivity index (χ1v) is 8.00. The van der Waals surface area contributed by atoms with Crippen molar-refractivity contribution in [1.29, 1.82) is 0 Å². The highest BCUT2D eigenvalue weighted by Crippen LogP contribution is 2.19. The van der Waals surface area contributed by atoms with Crippen molar-refractivity contribution in [2.75, 3.05) is 6.61 Å².